The highest BCUT2D eigenvalue weighted by Crippen LogP contribution is 2.23. The van der Waals surface area contributed by atoms with E-state index in [0.29, 0.717) is 17.9 Å². The van der Waals surface area contributed by atoms with Gasteiger partial charge in [-0.1, -0.05) is 6.92 Å². The van der Waals surface area contributed by atoms with Gasteiger partial charge >= 0.3 is 0 Å². The zero-order valence-corrected chi connectivity index (χ0v) is 12.7. The van der Waals surface area contributed by atoms with Gasteiger partial charge in [-0.05, 0) is 31.5 Å². The zero-order chi connectivity index (χ0) is 15.2. The Morgan fingerprint density at radius 2 is 2.14 bits per heavy atom. The molecule has 0 bridgehead atoms. The van der Waals surface area contributed by atoms with E-state index >= 15 is 0 Å². The van der Waals surface area contributed by atoms with Gasteiger partial charge in [0.15, 0.2) is 5.78 Å². The number of piperazine rings is 1. The van der Waals surface area contributed by atoms with Gasteiger partial charge in [-0.3, -0.25) is 9.69 Å². The van der Waals surface area contributed by atoms with Gasteiger partial charge in [0.2, 0.25) is 0 Å². The first kappa shape index (κ1) is 15.9. The molecule has 116 valence electrons. The summed E-state index contributed by atoms with van der Waals surface area (Å²) in [6.45, 7) is 7.80. The summed E-state index contributed by atoms with van der Waals surface area (Å²) in [7, 11) is 0. The number of ether oxygens (including phenoxy) is 1. The number of rotatable bonds is 6. The van der Waals surface area contributed by atoms with Gasteiger partial charge in [0.05, 0.1) is 18.2 Å². The highest BCUT2D eigenvalue weighted by atomic mass is 19.1. The number of carbonyl (C=O) groups excluding carboxylic acids is 1. The van der Waals surface area contributed by atoms with E-state index in [1.165, 1.54) is 12.1 Å². The normalized spacial score (nSPS) is 17.5. The monoisotopic (exact) mass is 294 g/mol. The van der Waals surface area contributed by atoms with Crippen LogP contribution < -0.4 is 10.1 Å². The predicted octanol–water partition coefficient (Wildman–Crippen LogP) is 2.09. The van der Waals surface area contributed by atoms with Crippen molar-refractivity contribution >= 4 is 5.78 Å². The van der Waals surface area contributed by atoms with Crippen LogP contribution in [0.2, 0.25) is 0 Å². The Morgan fingerprint density at radius 1 is 1.43 bits per heavy atom. The summed E-state index contributed by atoms with van der Waals surface area (Å²) in [5.74, 6) is -0.0116. The molecule has 0 amide bonds. The number of halogens is 1. The van der Waals surface area contributed by atoms with Crippen LogP contribution in [0.15, 0.2) is 18.2 Å². The lowest BCUT2D eigenvalue weighted by molar-refractivity contribution is 0.0815. The highest BCUT2D eigenvalue weighted by molar-refractivity contribution is 6.02. The van der Waals surface area contributed by atoms with Crippen LogP contribution in [-0.2, 0) is 0 Å². The molecule has 1 aromatic carbocycles. The molecule has 1 saturated heterocycles. The van der Waals surface area contributed by atoms with Crippen molar-refractivity contribution in [2.45, 2.75) is 26.3 Å². The van der Waals surface area contributed by atoms with Crippen LogP contribution in [0.5, 0.6) is 5.75 Å². The van der Waals surface area contributed by atoms with Gasteiger partial charge in [-0.25, -0.2) is 4.39 Å². The number of benzene rings is 1. The zero-order valence-electron chi connectivity index (χ0n) is 12.7. The van der Waals surface area contributed by atoms with Gasteiger partial charge in [0.1, 0.15) is 11.6 Å². The fourth-order valence-electron chi connectivity index (χ4n) is 2.49. The van der Waals surface area contributed by atoms with Crippen molar-refractivity contribution in [2.75, 3.05) is 32.8 Å². The molecule has 1 N–H and O–H groups in total. The molecule has 0 aliphatic carbocycles. The highest BCUT2D eigenvalue weighted by Gasteiger charge is 2.26. The number of ketones is 1. The standard InChI is InChI=1S/C16H23FN2O2/c1-3-10-21-15-5-4-13(17)11-14(15)16(20)12(2)19-8-6-18-7-9-19/h4-5,11-12,18H,3,6-10H2,1-2H3. The molecule has 1 fully saturated rings. The van der Waals surface area contributed by atoms with Crippen LogP contribution in [0.4, 0.5) is 4.39 Å². The third-order valence-corrected chi connectivity index (χ3v) is 3.75. The lowest BCUT2D eigenvalue weighted by atomic mass is 10.0. The Bertz CT molecular complexity index is 487. The van der Waals surface area contributed by atoms with E-state index in [4.69, 9.17) is 4.74 Å². The quantitative estimate of drug-likeness (QED) is 0.816. The smallest absolute Gasteiger partial charge is 0.183 e. The molecule has 1 unspecified atom stereocenters. The van der Waals surface area contributed by atoms with Crippen molar-refractivity contribution < 1.29 is 13.9 Å². The topological polar surface area (TPSA) is 41.6 Å². The number of nitrogens with one attached hydrogen (secondary N) is 1. The van der Waals surface area contributed by atoms with E-state index < -0.39 is 5.82 Å². The summed E-state index contributed by atoms with van der Waals surface area (Å²) >= 11 is 0. The Hall–Kier alpha value is -1.46. The fourth-order valence-corrected chi connectivity index (χ4v) is 2.49. The minimum absolute atomic E-state index is 0.0810. The average molecular weight is 294 g/mol. The van der Waals surface area contributed by atoms with Crippen molar-refractivity contribution in [2.24, 2.45) is 0 Å². The second kappa shape index (κ2) is 7.52. The maximum atomic E-state index is 13.5. The first-order valence-corrected chi connectivity index (χ1v) is 7.54. The van der Waals surface area contributed by atoms with Crippen LogP contribution in [0.25, 0.3) is 0 Å². The lowest BCUT2D eigenvalue weighted by Crippen LogP contribution is -2.50. The lowest BCUT2D eigenvalue weighted by Gasteiger charge is -2.32. The van der Waals surface area contributed by atoms with Gasteiger partial charge < -0.3 is 10.1 Å². The second-order valence-corrected chi connectivity index (χ2v) is 5.32. The molecular weight excluding hydrogens is 271 g/mol. The van der Waals surface area contributed by atoms with Crippen LogP contribution in [0, 0.1) is 5.82 Å². The van der Waals surface area contributed by atoms with Crippen molar-refractivity contribution in [3.05, 3.63) is 29.6 Å². The molecule has 1 aromatic rings. The third kappa shape index (κ3) is 4.02. The van der Waals surface area contributed by atoms with Gasteiger partial charge in [-0.2, -0.15) is 0 Å². The molecule has 0 radical (unpaired) electrons. The van der Waals surface area contributed by atoms with Crippen LogP contribution in [0.3, 0.4) is 0 Å². The molecule has 0 aromatic heterocycles. The Labute approximate surface area is 125 Å². The van der Waals surface area contributed by atoms with Crippen molar-refractivity contribution in [3.63, 3.8) is 0 Å². The largest absolute Gasteiger partial charge is 0.493 e. The van der Waals surface area contributed by atoms with Gasteiger partial charge in [0, 0.05) is 26.2 Å². The maximum absolute atomic E-state index is 13.5. The molecule has 5 heteroatoms. The Balaban J connectivity index is 2.18. The predicted molar refractivity (Wildman–Crippen MR) is 80.4 cm³/mol. The summed E-state index contributed by atoms with van der Waals surface area (Å²) in [5, 5.41) is 3.26. The summed E-state index contributed by atoms with van der Waals surface area (Å²) in [5.41, 5.74) is 0.342. The number of nitrogens with zero attached hydrogens (tertiary/aromatic N) is 1. The van der Waals surface area contributed by atoms with Crippen LogP contribution in [0.1, 0.15) is 30.6 Å². The van der Waals surface area contributed by atoms with E-state index in [1.807, 2.05) is 13.8 Å². The SMILES string of the molecule is CCCOc1ccc(F)cc1C(=O)C(C)N1CCNCC1. The molecule has 0 saturated carbocycles. The molecule has 0 spiro atoms. The molecule has 2 rings (SSSR count). The molecular formula is C16H23FN2O2. The minimum Gasteiger partial charge on any atom is -0.493 e. The van der Waals surface area contributed by atoms with Crippen LogP contribution >= 0.6 is 0 Å². The van der Waals surface area contributed by atoms with Crippen molar-refractivity contribution in [1.29, 1.82) is 0 Å². The second-order valence-electron chi connectivity index (χ2n) is 5.32. The average Bonchev–Trinajstić information content (AvgIpc) is 2.53. The first-order valence-electron chi connectivity index (χ1n) is 7.54. The van der Waals surface area contributed by atoms with E-state index in [-0.39, 0.29) is 11.8 Å². The molecule has 4 nitrogen and oxygen atoms in total. The molecule has 1 aliphatic heterocycles. The summed E-state index contributed by atoms with van der Waals surface area (Å²) in [4.78, 5) is 14.8. The van der Waals surface area contributed by atoms with Gasteiger partial charge in [0.25, 0.3) is 0 Å². The third-order valence-electron chi connectivity index (χ3n) is 3.75. The summed E-state index contributed by atoms with van der Waals surface area (Å²) < 4.78 is 19.1. The Morgan fingerprint density at radius 3 is 2.81 bits per heavy atom. The minimum atomic E-state index is -0.408. The molecule has 1 atom stereocenters. The number of hydrogen-bond acceptors (Lipinski definition) is 4. The molecule has 21 heavy (non-hydrogen) atoms. The maximum Gasteiger partial charge on any atom is 0.183 e. The van der Waals surface area contributed by atoms with E-state index in [1.54, 1.807) is 6.07 Å². The molecule has 1 heterocycles. The van der Waals surface area contributed by atoms with Crippen molar-refractivity contribution in [1.82, 2.24) is 10.2 Å². The Kier molecular flexibility index (Phi) is 5.70. The fraction of sp³-hybridized carbons (Fsp3) is 0.562. The summed E-state index contributed by atoms with van der Waals surface area (Å²) in [6, 6.07) is 3.89. The van der Waals surface area contributed by atoms with Crippen LogP contribution in [-0.4, -0.2) is 49.5 Å². The molecule has 1 aliphatic rings. The van der Waals surface area contributed by atoms with E-state index in [9.17, 15) is 9.18 Å². The number of Topliss-reactive ketones (excluding diaryl/α,β-unsaturated/α-hetero) is 1. The van der Waals surface area contributed by atoms with E-state index in [0.717, 1.165) is 32.6 Å². The summed E-state index contributed by atoms with van der Waals surface area (Å²) in [6.07, 6.45) is 0.846. The first-order chi connectivity index (χ1) is 10.1. The van der Waals surface area contributed by atoms with Crippen molar-refractivity contribution in [3.8, 4) is 5.75 Å². The van der Waals surface area contributed by atoms with E-state index in [2.05, 4.69) is 10.2 Å². The number of hydrogen-bond donors (Lipinski definition) is 1. The number of carbonyl (C=O) groups is 1. The van der Waals surface area contributed by atoms with Gasteiger partial charge in [-0.15, -0.1) is 0 Å².